The minimum Gasteiger partial charge on any atom is -0.270 e. The lowest BCUT2D eigenvalue weighted by Crippen LogP contribution is -2.27. The van der Waals surface area contributed by atoms with Gasteiger partial charge in [0.25, 0.3) is 10.1 Å². The summed E-state index contributed by atoms with van der Waals surface area (Å²) in [5.74, 6) is 3.26. The Hall–Kier alpha value is -0.0900. The van der Waals surface area contributed by atoms with Crippen LogP contribution >= 0.6 is 0 Å². The molecule has 0 unspecified atom stereocenters. The Bertz CT molecular complexity index is 375. The highest BCUT2D eigenvalue weighted by atomic mass is 32.2. The molecule has 2 saturated carbocycles. The first-order valence-electron chi connectivity index (χ1n) is 8.32. The van der Waals surface area contributed by atoms with Gasteiger partial charge in [-0.2, -0.15) is 8.42 Å². The van der Waals surface area contributed by atoms with Gasteiger partial charge in [-0.3, -0.25) is 4.18 Å². The van der Waals surface area contributed by atoms with E-state index in [4.69, 9.17) is 4.18 Å². The molecule has 0 aromatic rings. The molecule has 2 aliphatic rings. The van der Waals surface area contributed by atoms with Crippen LogP contribution in [0.25, 0.3) is 0 Å². The minimum atomic E-state index is -3.27. The summed E-state index contributed by atoms with van der Waals surface area (Å²) in [5.41, 5.74) is 0. The average molecular weight is 302 g/mol. The van der Waals surface area contributed by atoms with Crippen molar-refractivity contribution in [1.82, 2.24) is 0 Å². The van der Waals surface area contributed by atoms with Crippen LogP contribution in [0.3, 0.4) is 0 Å². The van der Waals surface area contributed by atoms with Gasteiger partial charge in [0, 0.05) is 0 Å². The largest absolute Gasteiger partial charge is 0.270 e. The monoisotopic (exact) mass is 302 g/mol. The number of hydrogen-bond acceptors (Lipinski definition) is 3. The molecule has 0 heterocycles. The molecule has 0 aromatic heterocycles. The molecule has 2 rings (SSSR count). The molecule has 2 fully saturated rings. The van der Waals surface area contributed by atoms with E-state index in [1.165, 1.54) is 44.9 Å². The van der Waals surface area contributed by atoms with Gasteiger partial charge in [-0.15, -0.1) is 0 Å². The zero-order chi connectivity index (χ0) is 14.6. The van der Waals surface area contributed by atoms with Crippen molar-refractivity contribution >= 4 is 10.1 Å². The fourth-order valence-electron chi connectivity index (χ4n) is 4.11. The molecule has 0 aliphatic heterocycles. The quantitative estimate of drug-likeness (QED) is 0.721. The standard InChI is InChI=1S/C16H30O3S/c1-3-13-4-8-15(9-5-13)16-10-6-14(7-11-16)12-19-20(2,17)18/h13-16H,3-12H2,1-2H3/t13?,14-,15?,16-. The van der Waals surface area contributed by atoms with E-state index in [0.29, 0.717) is 12.5 Å². The van der Waals surface area contributed by atoms with Gasteiger partial charge in [0.2, 0.25) is 0 Å². The SMILES string of the molecule is CCC1CCC([C@H]2CC[C@H](COS(C)(=O)=O)CC2)CC1. The van der Waals surface area contributed by atoms with Gasteiger partial charge in [0.15, 0.2) is 0 Å². The van der Waals surface area contributed by atoms with E-state index in [2.05, 4.69) is 6.92 Å². The van der Waals surface area contributed by atoms with Crippen molar-refractivity contribution in [1.29, 1.82) is 0 Å². The van der Waals surface area contributed by atoms with Crippen molar-refractivity contribution in [2.75, 3.05) is 12.9 Å². The molecule has 0 N–H and O–H groups in total. The molecular weight excluding hydrogens is 272 g/mol. The maximum Gasteiger partial charge on any atom is 0.264 e. The van der Waals surface area contributed by atoms with E-state index >= 15 is 0 Å². The van der Waals surface area contributed by atoms with Crippen molar-refractivity contribution in [3.63, 3.8) is 0 Å². The molecule has 3 nitrogen and oxygen atoms in total. The van der Waals surface area contributed by atoms with Crippen LogP contribution in [0.15, 0.2) is 0 Å². The third-order valence-electron chi connectivity index (χ3n) is 5.54. The summed E-state index contributed by atoms with van der Waals surface area (Å²) < 4.78 is 27.0. The van der Waals surface area contributed by atoms with E-state index in [9.17, 15) is 8.42 Å². The van der Waals surface area contributed by atoms with Crippen molar-refractivity contribution < 1.29 is 12.6 Å². The van der Waals surface area contributed by atoms with Crippen LogP contribution in [-0.4, -0.2) is 21.3 Å². The Morgan fingerprint density at radius 1 is 0.850 bits per heavy atom. The molecule has 0 bridgehead atoms. The summed E-state index contributed by atoms with van der Waals surface area (Å²) in [6, 6.07) is 0. The molecule has 0 amide bonds. The summed E-state index contributed by atoms with van der Waals surface area (Å²) in [6.07, 6.45) is 13.0. The highest BCUT2D eigenvalue weighted by Gasteiger charge is 2.30. The van der Waals surface area contributed by atoms with Crippen LogP contribution in [0.4, 0.5) is 0 Å². The highest BCUT2D eigenvalue weighted by Crippen LogP contribution is 2.41. The molecule has 2 aliphatic carbocycles. The van der Waals surface area contributed by atoms with Crippen molar-refractivity contribution in [3.05, 3.63) is 0 Å². The normalized spacial score (nSPS) is 35.9. The van der Waals surface area contributed by atoms with Gasteiger partial charge in [-0.1, -0.05) is 26.2 Å². The van der Waals surface area contributed by atoms with E-state index in [1.54, 1.807) is 0 Å². The third kappa shape index (κ3) is 5.03. The lowest BCUT2D eigenvalue weighted by Gasteiger charge is -2.37. The predicted octanol–water partition coefficient (Wildman–Crippen LogP) is 3.99. The maximum atomic E-state index is 11.0. The van der Waals surface area contributed by atoms with E-state index in [1.807, 2.05) is 0 Å². The Kier molecular flexibility index (Phi) is 5.91. The zero-order valence-corrected chi connectivity index (χ0v) is 13.8. The summed E-state index contributed by atoms with van der Waals surface area (Å²) in [5, 5.41) is 0. The maximum absolute atomic E-state index is 11.0. The summed E-state index contributed by atoms with van der Waals surface area (Å²) in [7, 11) is -3.27. The molecule has 0 atom stereocenters. The molecule has 0 radical (unpaired) electrons. The second-order valence-corrected chi connectivity index (χ2v) is 8.60. The molecule has 0 aromatic carbocycles. The first kappa shape index (κ1) is 16.3. The lowest BCUT2D eigenvalue weighted by molar-refractivity contribution is 0.125. The van der Waals surface area contributed by atoms with E-state index in [0.717, 1.165) is 36.9 Å². The van der Waals surface area contributed by atoms with Gasteiger partial charge in [0.05, 0.1) is 12.9 Å². The Morgan fingerprint density at radius 3 is 1.70 bits per heavy atom. The van der Waals surface area contributed by atoms with Crippen molar-refractivity contribution in [2.45, 2.75) is 64.7 Å². The highest BCUT2D eigenvalue weighted by molar-refractivity contribution is 7.85. The Morgan fingerprint density at radius 2 is 1.30 bits per heavy atom. The molecule has 4 heteroatoms. The summed E-state index contributed by atoms with van der Waals surface area (Å²) >= 11 is 0. The number of hydrogen-bond donors (Lipinski definition) is 0. The van der Waals surface area contributed by atoms with Crippen molar-refractivity contribution in [3.8, 4) is 0 Å². The molecular formula is C16H30O3S. The first-order valence-corrected chi connectivity index (χ1v) is 10.1. The summed E-state index contributed by atoms with van der Waals surface area (Å²) in [6.45, 7) is 2.71. The van der Waals surface area contributed by atoms with Crippen molar-refractivity contribution in [2.24, 2.45) is 23.7 Å². The molecule has 118 valence electrons. The van der Waals surface area contributed by atoms with E-state index in [-0.39, 0.29) is 0 Å². The number of rotatable bonds is 5. The zero-order valence-electron chi connectivity index (χ0n) is 13.0. The van der Waals surface area contributed by atoms with Gasteiger partial charge >= 0.3 is 0 Å². The second-order valence-electron chi connectivity index (χ2n) is 6.96. The van der Waals surface area contributed by atoms with Crippen LogP contribution in [-0.2, 0) is 14.3 Å². The topological polar surface area (TPSA) is 43.4 Å². The van der Waals surface area contributed by atoms with Gasteiger partial charge in [-0.05, 0) is 62.2 Å². The van der Waals surface area contributed by atoms with E-state index < -0.39 is 10.1 Å². The van der Waals surface area contributed by atoms with Crippen LogP contribution in [0.2, 0.25) is 0 Å². The van der Waals surface area contributed by atoms with Crippen LogP contribution in [0.1, 0.15) is 64.7 Å². The minimum absolute atomic E-state index is 0.397. The Labute approximate surface area is 124 Å². The predicted molar refractivity (Wildman–Crippen MR) is 82.0 cm³/mol. The third-order valence-corrected chi connectivity index (χ3v) is 6.11. The molecule has 0 saturated heterocycles. The smallest absolute Gasteiger partial charge is 0.264 e. The van der Waals surface area contributed by atoms with Crippen LogP contribution < -0.4 is 0 Å². The van der Waals surface area contributed by atoms with Crippen LogP contribution in [0.5, 0.6) is 0 Å². The lowest BCUT2D eigenvalue weighted by atomic mass is 9.69. The van der Waals surface area contributed by atoms with Gasteiger partial charge < -0.3 is 0 Å². The van der Waals surface area contributed by atoms with Crippen LogP contribution in [0, 0.1) is 23.7 Å². The first-order chi connectivity index (χ1) is 9.48. The fraction of sp³-hybridized carbons (Fsp3) is 1.00. The molecule has 20 heavy (non-hydrogen) atoms. The summed E-state index contributed by atoms with van der Waals surface area (Å²) in [4.78, 5) is 0. The fourth-order valence-corrected chi connectivity index (χ4v) is 4.55. The molecule has 0 spiro atoms. The average Bonchev–Trinajstić information content (AvgIpc) is 2.45. The second kappa shape index (κ2) is 7.26. The van der Waals surface area contributed by atoms with Gasteiger partial charge in [0.1, 0.15) is 0 Å². The van der Waals surface area contributed by atoms with Gasteiger partial charge in [-0.25, -0.2) is 0 Å². The Balaban J connectivity index is 1.69.